The molecule has 1 N–H and O–H groups in total. The number of benzene rings is 1. The van der Waals surface area contributed by atoms with Gasteiger partial charge in [-0.3, -0.25) is 19.2 Å². The first kappa shape index (κ1) is 33.8. The van der Waals surface area contributed by atoms with Crippen molar-refractivity contribution in [1.82, 2.24) is 4.90 Å². The largest absolute Gasteiger partial charge is 0.451 e. The summed E-state index contributed by atoms with van der Waals surface area (Å²) >= 11 is 0. The predicted octanol–water partition coefficient (Wildman–Crippen LogP) is 4.19. The highest BCUT2D eigenvalue weighted by atomic mass is 16.6. The summed E-state index contributed by atoms with van der Waals surface area (Å²) in [6, 6.07) is 6.41. The lowest BCUT2D eigenvalue weighted by molar-refractivity contribution is -0.166. The van der Waals surface area contributed by atoms with Crippen molar-refractivity contribution >= 4 is 35.1 Å². The Morgan fingerprint density at radius 3 is 2.32 bits per heavy atom. The van der Waals surface area contributed by atoms with Crippen LogP contribution in [0, 0.1) is 12.8 Å². The molecule has 2 rings (SSSR count). The van der Waals surface area contributed by atoms with Crippen LogP contribution < -0.4 is 0 Å². The number of ether oxygens (including phenoxy) is 3. The van der Waals surface area contributed by atoms with Gasteiger partial charge in [-0.2, -0.15) is 0 Å². The van der Waals surface area contributed by atoms with Crippen LogP contribution in [0.5, 0.6) is 0 Å². The number of rotatable bonds is 15. The van der Waals surface area contributed by atoms with Crippen LogP contribution in [-0.2, 0) is 33.4 Å². The zero-order valence-corrected chi connectivity index (χ0v) is 25.1. The maximum Gasteiger partial charge on any atom is 0.417 e. The van der Waals surface area contributed by atoms with E-state index in [2.05, 4.69) is 0 Å². The Bertz CT molecular complexity index is 1150. The van der Waals surface area contributed by atoms with Gasteiger partial charge in [-0.05, 0) is 51.2 Å². The lowest BCUT2D eigenvalue weighted by Gasteiger charge is -2.33. The highest BCUT2D eigenvalue weighted by molar-refractivity contribution is 6.25. The topological polar surface area (TPSA) is 137 Å². The Balaban J connectivity index is 2.49. The monoisotopic (exact) mass is 573 g/mol. The maximum atomic E-state index is 13.7. The number of nitrogens with zero attached hydrogens (tertiary/aromatic N) is 1. The third-order valence-electron chi connectivity index (χ3n) is 6.98. The summed E-state index contributed by atoms with van der Waals surface area (Å²) in [5.74, 6) is -3.05. The van der Waals surface area contributed by atoms with E-state index >= 15 is 0 Å². The Morgan fingerprint density at radius 1 is 1.10 bits per heavy atom. The van der Waals surface area contributed by atoms with Crippen molar-refractivity contribution in [3.63, 3.8) is 0 Å². The minimum atomic E-state index is -1.76. The minimum Gasteiger partial charge on any atom is -0.451 e. The fraction of sp³-hybridized carbons (Fsp3) is 0.581. The van der Waals surface area contributed by atoms with Gasteiger partial charge in [0, 0.05) is 32.6 Å². The number of aliphatic hydroxyl groups is 1. The Morgan fingerprint density at radius 2 is 1.76 bits per heavy atom. The van der Waals surface area contributed by atoms with Gasteiger partial charge in [0.25, 0.3) is 5.91 Å². The lowest BCUT2D eigenvalue weighted by atomic mass is 9.88. The van der Waals surface area contributed by atoms with E-state index in [1.807, 2.05) is 26.8 Å². The zero-order chi connectivity index (χ0) is 30.9. The molecule has 10 nitrogen and oxygen atoms in total. The fourth-order valence-electron chi connectivity index (χ4n) is 5.27. The molecular formula is C31H43NO9. The normalized spacial score (nSPS) is 18.2. The standard InChI is InChI=1S/C31H43NO9/c1-19(2)28-31(5,6)41-30(38)32(28)29(37)27(39-7)26(40-21(4)34)25(36)18-23(22-14-12-13-20(3)17-22)24(35)15-10-8-9-11-16-33/h12-14,17-19,26-28,33H,8-11,15-16H2,1-7H3. The molecule has 2 amide bonds. The number of carbonyl (C=O) groups is 5. The molecule has 1 saturated heterocycles. The van der Waals surface area contributed by atoms with E-state index in [0.717, 1.165) is 36.3 Å². The molecule has 0 aliphatic carbocycles. The lowest BCUT2D eigenvalue weighted by Crippen LogP contribution is -2.55. The highest BCUT2D eigenvalue weighted by Crippen LogP contribution is 2.35. The average molecular weight is 574 g/mol. The number of hydrogen-bond acceptors (Lipinski definition) is 9. The van der Waals surface area contributed by atoms with Gasteiger partial charge in [0.15, 0.2) is 23.8 Å². The van der Waals surface area contributed by atoms with Gasteiger partial charge in [-0.25, -0.2) is 9.69 Å². The molecule has 1 fully saturated rings. The fourth-order valence-corrected chi connectivity index (χ4v) is 5.27. The number of esters is 1. The Labute approximate surface area is 242 Å². The van der Waals surface area contributed by atoms with E-state index in [1.54, 1.807) is 32.0 Å². The van der Waals surface area contributed by atoms with Crippen molar-refractivity contribution in [3.05, 3.63) is 41.5 Å². The number of Topliss-reactive ketones (excluding diaryl/α,β-unsaturated/α-hetero) is 1. The van der Waals surface area contributed by atoms with Crippen LogP contribution in [-0.4, -0.2) is 77.1 Å². The summed E-state index contributed by atoms with van der Waals surface area (Å²) in [6.45, 7) is 10.1. The Kier molecular flexibility index (Phi) is 12.4. The van der Waals surface area contributed by atoms with Crippen LogP contribution in [0.15, 0.2) is 30.3 Å². The second-order valence-corrected chi connectivity index (χ2v) is 11.2. The number of amides is 2. The molecule has 0 bridgehead atoms. The van der Waals surface area contributed by atoms with Crippen LogP contribution in [0.25, 0.3) is 5.57 Å². The summed E-state index contributed by atoms with van der Waals surface area (Å²) in [6.07, 6.45) is -0.359. The van der Waals surface area contributed by atoms with Crippen LogP contribution in [0.2, 0.25) is 0 Å². The Hall–Kier alpha value is -3.37. The summed E-state index contributed by atoms with van der Waals surface area (Å²) in [4.78, 5) is 66.6. The van der Waals surface area contributed by atoms with Gasteiger partial charge in [-0.1, -0.05) is 56.5 Å². The first-order valence-electron chi connectivity index (χ1n) is 14.0. The number of hydrogen-bond donors (Lipinski definition) is 1. The molecule has 41 heavy (non-hydrogen) atoms. The molecule has 0 aromatic heterocycles. The van der Waals surface area contributed by atoms with Gasteiger partial charge >= 0.3 is 12.1 Å². The molecule has 10 heteroatoms. The minimum absolute atomic E-state index is 0.0817. The number of aryl methyl sites for hydroxylation is 1. The second kappa shape index (κ2) is 15.0. The van der Waals surface area contributed by atoms with Crippen molar-refractivity contribution in [2.45, 2.75) is 97.5 Å². The molecule has 0 radical (unpaired) electrons. The molecule has 0 saturated carbocycles. The third-order valence-corrected chi connectivity index (χ3v) is 6.98. The molecule has 3 unspecified atom stereocenters. The number of carbonyl (C=O) groups excluding carboxylic acids is 5. The van der Waals surface area contributed by atoms with E-state index in [4.69, 9.17) is 19.3 Å². The first-order valence-corrected chi connectivity index (χ1v) is 14.0. The highest BCUT2D eigenvalue weighted by Gasteiger charge is 2.54. The van der Waals surface area contributed by atoms with E-state index in [-0.39, 0.29) is 30.3 Å². The van der Waals surface area contributed by atoms with Gasteiger partial charge in [0.2, 0.25) is 0 Å². The molecule has 226 valence electrons. The predicted molar refractivity (Wildman–Crippen MR) is 152 cm³/mol. The zero-order valence-electron chi connectivity index (χ0n) is 25.1. The van der Waals surface area contributed by atoms with E-state index in [9.17, 15) is 24.0 Å². The van der Waals surface area contributed by atoms with E-state index < -0.39 is 47.6 Å². The van der Waals surface area contributed by atoms with Crippen LogP contribution >= 0.6 is 0 Å². The quantitative estimate of drug-likeness (QED) is 0.186. The van der Waals surface area contributed by atoms with Crippen molar-refractivity contribution < 1.29 is 43.3 Å². The number of allylic oxidation sites excluding steroid dienone is 1. The van der Waals surface area contributed by atoms with Gasteiger partial charge in [0.1, 0.15) is 5.60 Å². The van der Waals surface area contributed by atoms with Crippen LogP contribution in [0.4, 0.5) is 4.79 Å². The SMILES string of the molecule is COC(C(=O)N1C(=O)OC(C)(C)C1C(C)C)C(OC(C)=O)C(=O)C=C(C(=O)CCCCCCO)c1cccc(C)c1. The van der Waals surface area contributed by atoms with E-state index in [0.29, 0.717) is 18.4 Å². The smallest absolute Gasteiger partial charge is 0.417 e. The first-order chi connectivity index (χ1) is 19.2. The van der Waals surface area contributed by atoms with Gasteiger partial charge in [-0.15, -0.1) is 0 Å². The number of aliphatic hydroxyl groups excluding tert-OH is 1. The molecule has 1 aliphatic heterocycles. The number of imide groups is 1. The number of unbranched alkanes of at least 4 members (excludes halogenated alkanes) is 3. The van der Waals surface area contributed by atoms with Gasteiger partial charge in [0.05, 0.1) is 6.04 Å². The molecule has 1 heterocycles. The maximum absolute atomic E-state index is 13.7. The van der Waals surface area contributed by atoms with Crippen molar-refractivity contribution in [2.24, 2.45) is 5.92 Å². The van der Waals surface area contributed by atoms with Crippen molar-refractivity contribution in [2.75, 3.05) is 13.7 Å². The summed E-state index contributed by atoms with van der Waals surface area (Å²) in [5, 5.41) is 8.99. The van der Waals surface area contributed by atoms with Crippen LogP contribution in [0.1, 0.15) is 77.8 Å². The number of cyclic esters (lactones) is 1. The summed E-state index contributed by atoms with van der Waals surface area (Å²) < 4.78 is 16.1. The van der Waals surface area contributed by atoms with Crippen molar-refractivity contribution in [3.8, 4) is 0 Å². The average Bonchev–Trinajstić information content (AvgIpc) is 3.14. The van der Waals surface area contributed by atoms with E-state index in [1.165, 1.54) is 7.11 Å². The van der Waals surface area contributed by atoms with Crippen LogP contribution in [0.3, 0.4) is 0 Å². The molecule has 3 atom stereocenters. The number of methoxy groups -OCH3 is 1. The van der Waals surface area contributed by atoms with Gasteiger partial charge < -0.3 is 19.3 Å². The molecule has 0 spiro atoms. The molecule has 1 aromatic carbocycles. The number of ketones is 2. The molecule has 1 aromatic rings. The molecule has 1 aliphatic rings. The summed E-state index contributed by atoms with van der Waals surface area (Å²) in [7, 11) is 1.17. The molecular weight excluding hydrogens is 530 g/mol. The third kappa shape index (κ3) is 8.81. The summed E-state index contributed by atoms with van der Waals surface area (Å²) in [5.41, 5.74) is 0.488. The van der Waals surface area contributed by atoms with Crippen molar-refractivity contribution in [1.29, 1.82) is 0 Å². The second-order valence-electron chi connectivity index (χ2n) is 11.2.